The van der Waals surface area contributed by atoms with E-state index in [0.29, 0.717) is 23.3 Å². The van der Waals surface area contributed by atoms with E-state index in [9.17, 15) is 15.0 Å². The standard InChI is InChI=1S/C25H30O7/c1-5-19(29-4)22(26)23(27)25(30-6-2)31-17-12-13-18-15(3)21(16-10-8-7-9-11-16)24(28)32-20(18)14-17/h7-14,19,22-23,25-27H,5-6H2,1-4H3. The molecule has 0 aliphatic heterocycles. The lowest BCUT2D eigenvalue weighted by molar-refractivity contribution is -0.190. The minimum absolute atomic E-state index is 0.264. The molecule has 0 fully saturated rings. The van der Waals surface area contributed by atoms with E-state index in [4.69, 9.17) is 18.6 Å². The quantitative estimate of drug-likeness (QED) is 0.365. The summed E-state index contributed by atoms with van der Waals surface area (Å²) in [6.45, 7) is 5.75. The molecule has 7 nitrogen and oxygen atoms in total. The predicted octanol–water partition coefficient (Wildman–Crippen LogP) is 3.66. The van der Waals surface area contributed by atoms with Crippen LogP contribution in [0.5, 0.6) is 5.75 Å². The van der Waals surface area contributed by atoms with Gasteiger partial charge < -0.3 is 28.8 Å². The number of aliphatic hydroxyl groups is 2. The summed E-state index contributed by atoms with van der Waals surface area (Å²) in [6.07, 6.45) is -3.73. The third-order valence-electron chi connectivity index (χ3n) is 5.50. The average molecular weight is 443 g/mol. The Morgan fingerprint density at radius 2 is 1.75 bits per heavy atom. The van der Waals surface area contributed by atoms with Gasteiger partial charge in [-0.25, -0.2) is 4.79 Å². The molecule has 7 heteroatoms. The van der Waals surface area contributed by atoms with Gasteiger partial charge in [-0.15, -0.1) is 0 Å². The smallest absolute Gasteiger partial charge is 0.344 e. The fourth-order valence-corrected chi connectivity index (χ4v) is 3.78. The van der Waals surface area contributed by atoms with E-state index in [2.05, 4.69) is 0 Å². The third-order valence-corrected chi connectivity index (χ3v) is 5.50. The van der Waals surface area contributed by atoms with Crippen molar-refractivity contribution in [1.82, 2.24) is 0 Å². The van der Waals surface area contributed by atoms with Crippen LogP contribution in [-0.4, -0.2) is 48.5 Å². The summed E-state index contributed by atoms with van der Waals surface area (Å²) in [6, 6.07) is 14.5. The Bertz CT molecular complexity index is 1070. The first-order chi connectivity index (χ1) is 15.4. The Labute approximate surface area is 187 Å². The molecule has 3 aromatic rings. The van der Waals surface area contributed by atoms with Crippen LogP contribution in [-0.2, 0) is 9.47 Å². The van der Waals surface area contributed by atoms with E-state index in [-0.39, 0.29) is 6.61 Å². The molecule has 4 unspecified atom stereocenters. The molecule has 0 saturated heterocycles. The Kier molecular flexibility index (Phi) is 8.04. The summed E-state index contributed by atoms with van der Waals surface area (Å²) in [7, 11) is 1.47. The molecule has 2 aromatic carbocycles. The second-order valence-electron chi connectivity index (χ2n) is 7.52. The molecule has 1 heterocycles. The first-order valence-electron chi connectivity index (χ1n) is 10.7. The van der Waals surface area contributed by atoms with Crippen LogP contribution in [0, 0.1) is 6.92 Å². The van der Waals surface area contributed by atoms with Crippen LogP contribution in [0.3, 0.4) is 0 Å². The topological polar surface area (TPSA) is 98.4 Å². The van der Waals surface area contributed by atoms with Gasteiger partial charge in [0, 0.05) is 25.2 Å². The second-order valence-corrected chi connectivity index (χ2v) is 7.52. The summed E-state index contributed by atoms with van der Waals surface area (Å²) in [5, 5.41) is 21.8. The van der Waals surface area contributed by atoms with Crippen molar-refractivity contribution in [2.24, 2.45) is 0 Å². The summed E-state index contributed by atoms with van der Waals surface area (Å²) >= 11 is 0. The Morgan fingerprint density at radius 1 is 1.03 bits per heavy atom. The van der Waals surface area contributed by atoms with Crippen LogP contribution in [0.15, 0.2) is 57.7 Å². The molecule has 0 aliphatic rings. The van der Waals surface area contributed by atoms with Gasteiger partial charge in [-0.2, -0.15) is 0 Å². The van der Waals surface area contributed by atoms with E-state index >= 15 is 0 Å². The molecule has 0 radical (unpaired) electrons. The van der Waals surface area contributed by atoms with Crippen molar-refractivity contribution >= 4 is 11.0 Å². The molecule has 1 aromatic heterocycles. The van der Waals surface area contributed by atoms with Gasteiger partial charge >= 0.3 is 5.63 Å². The highest BCUT2D eigenvalue weighted by Crippen LogP contribution is 2.29. The summed E-state index contributed by atoms with van der Waals surface area (Å²) in [4.78, 5) is 12.7. The number of rotatable bonds is 10. The molecule has 0 spiro atoms. The van der Waals surface area contributed by atoms with Crippen LogP contribution in [0.25, 0.3) is 22.1 Å². The van der Waals surface area contributed by atoms with Gasteiger partial charge in [0.25, 0.3) is 0 Å². The average Bonchev–Trinajstić information content (AvgIpc) is 2.79. The summed E-state index contributed by atoms with van der Waals surface area (Å²) in [5.41, 5.74) is 2.02. The molecule has 0 bridgehead atoms. The van der Waals surface area contributed by atoms with Crippen LogP contribution < -0.4 is 10.4 Å². The largest absolute Gasteiger partial charge is 0.462 e. The van der Waals surface area contributed by atoms with E-state index < -0.39 is 30.2 Å². The van der Waals surface area contributed by atoms with Crippen molar-refractivity contribution in [2.45, 2.75) is 51.8 Å². The fourth-order valence-electron chi connectivity index (χ4n) is 3.78. The van der Waals surface area contributed by atoms with Gasteiger partial charge in [0.1, 0.15) is 23.5 Å². The lowest BCUT2D eigenvalue weighted by Crippen LogP contribution is -2.48. The van der Waals surface area contributed by atoms with E-state index in [1.54, 1.807) is 25.1 Å². The molecule has 4 atom stereocenters. The monoisotopic (exact) mass is 442 g/mol. The van der Waals surface area contributed by atoms with Gasteiger partial charge in [0.15, 0.2) is 0 Å². The maximum Gasteiger partial charge on any atom is 0.344 e. The summed E-state index contributed by atoms with van der Waals surface area (Å²) < 4.78 is 22.2. The van der Waals surface area contributed by atoms with Crippen LogP contribution in [0.2, 0.25) is 0 Å². The molecule has 0 saturated carbocycles. The van der Waals surface area contributed by atoms with Crippen molar-refractivity contribution in [1.29, 1.82) is 0 Å². The van der Waals surface area contributed by atoms with Gasteiger partial charge in [-0.1, -0.05) is 37.3 Å². The number of methoxy groups -OCH3 is 1. The lowest BCUT2D eigenvalue weighted by Gasteiger charge is -2.30. The second kappa shape index (κ2) is 10.7. The van der Waals surface area contributed by atoms with Gasteiger partial charge in [-0.3, -0.25) is 0 Å². The first-order valence-corrected chi connectivity index (χ1v) is 10.7. The number of hydrogen-bond acceptors (Lipinski definition) is 7. The van der Waals surface area contributed by atoms with E-state index in [1.807, 2.05) is 44.2 Å². The molecule has 0 aliphatic carbocycles. The number of fused-ring (bicyclic) bond motifs is 1. The van der Waals surface area contributed by atoms with Crippen molar-refractivity contribution in [2.75, 3.05) is 13.7 Å². The number of hydrogen-bond donors (Lipinski definition) is 2. The Hall–Kier alpha value is -2.71. The Balaban J connectivity index is 1.92. The highest BCUT2D eigenvalue weighted by Gasteiger charge is 2.33. The zero-order chi connectivity index (χ0) is 23.3. The highest BCUT2D eigenvalue weighted by atomic mass is 16.7. The minimum Gasteiger partial charge on any atom is -0.462 e. The zero-order valence-electron chi connectivity index (χ0n) is 18.8. The van der Waals surface area contributed by atoms with Gasteiger partial charge in [-0.05, 0) is 43.5 Å². The lowest BCUT2D eigenvalue weighted by atomic mass is 10.00. The third kappa shape index (κ3) is 5.02. The summed E-state index contributed by atoms with van der Waals surface area (Å²) in [5.74, 6) is 0.336. The van der Waals surface area contributed by atoms with Crippen LogP contribution in [0.4, 0.5) is 0 Å². The number of benzene rings is 2. The van der Waals surface area contributed by atoms with Gasteiger partial charge in [0.05, 0.1) is 11.7 Å². The maximum atomic E-state index is 12.7. The van der Waals surface area contributed by atoms with E-state index in [0.717, 1.165) is 16.5 Å². The SMILES string of the molecule is CCOC(Oc1ccc2c(C)c(-c3ccccc3)c(=O)oc2c1)C(O)C(O)C(CC)OC. The zero-order valence-corrected chi connectivity index (χ0v) is 18.8. The minimum atomic E-state index is -1.34. The number of aryl methyl sites for hydroxylation is 1. The van der Waals surface area contributed by atoms with Crippen molar-refractivity contribution < 1.29 is 28.8 Å². The Morgan fingerprint density at radius 3 is 2.38 bits per heavy atom. The van der Waals surface area contributed by atoms with Crippen LogP contribution in [0.1, 0.15) is 25.8 Å². The number of ether oxygens (including phenoxy) is 3. The first kappa shape index (κ1) is 23.9. The maximum absolute atomic E-state index is 12.7. The highest BCUT2D eigenvalue weighted by molar-refractivity contribution is 5.87. The molecule has 0 amide bonds. The van der Waals surface area contributed by atoms with Crippen molar-refractivity contribution in [3.05, 3.63) is 64.5 Å². The fraction of sp³-hybridized carbons (Fsp3) is 0.400. The van der Waals surface area contributed by atoms with E-state index in [1.165, 1.54) is 7.11 Å². The molecule has 172 valence electrons. The molecular weight excluding hydrogens is 412 g/mol. The normalized spacial score (nSPS) is 15.3. The van der Waals surface area contributed by atoms with Crippen molar-refractivity contribution in [3.8, 4) is 16.9 Å². The van der Waals surface area contributed by atoms with Gasteiger partial charge in [0.2, 0.25) is 6.29 Å². The molecule has 32 heavy (non-hydrogen) atoms. The van der Waals surface area contributed by atoms with Crippen LogP contribution >= 0.6 is 0 Å². The molecule has 3 rings (SSSR count). The van der Waals surface area contributed by atoms with Crippen molar-refractivity contribution in [3.63, 3.8) is 0 Å². The predicted molar refractivity (Wildman–Crippen MR) is 122 cm³/mol. The number of aliphatic hydroxyl groups excluding tert-OH is 2. The molecule has 2 N–H and O–H groups in total. The molecular formula is C25H30O7.